The van der Waals surface area contributed by atoms with Crippen molar-refractivity contribution >= 4 is 143 Å². The lowest BCUT2D eigenvalue weighted by atomic mass is 9.40. The zero-order valence-electron chi connectivity index (χ0n) is 48.6. The van der Waals surface area contributed by atoms with Gasteiger partial charge in [-0.05, 0) is 49.1 Å². The Morgan fingerprint density at radius 2 is 1.11 bits per heavy atom. The van der Waals surface area contributed by atoms with E-state index >= 15 is 0 Å². The second-order valence-electron chi connectivity index (χ2n) is 17.4. The minimum absolute atomic E-state index is 0.00685. The molecule has 25 heteroatoms. The number of nitrogens with zero attached hydrogens (tertiary/aromatic N) is 2. The van der Waals surface area contributed by atoms with Gasteiger partial charge >= 0.3 is 0 Å². The van der Waals surface area contributed by atoms with E-state index in [0.717, 1.165) is 31.8 Å². The molecule has 2 unspecified atom stereocenters. The fourth-order valence-corrected chi connectivity index (χ4v) is 8.09. The molecule has 0 aliphatic carbocycles. The number of piperazine rings is 1. The number of nitrogens with one attached hydrogen (secondary N) is 2. The summed E-state index contributed by atoms with van der Waals surface area (Å²) in [6.45, 7) is 37.6. The Balaban J connectivity index is -0.000000144. The Hall–Kier alpha value is -2.15. The number of hydrogen-bond donors (Lipinski definition) is 6. The van der Waals surface area contributed by atoms with Crippen LogP contribution < -0.4 is 33.6 Å². The first-order valence-electron chi connectivity index (χ1n) is 24.9. The van der Waals surface area contributed by atoms with Crippen LogP contribution in [0.3, 0.4) is 0 Å². The third-order valence-corrected chi connectivity index (χ3v) is 12.2. The summed E-state index contributed by atoms with van der Waals surface area (Å²) in [5.74, 6) is 1.71. The van der Waals surface area contributed by atoms with Gasteiger partial charge in [-0.1, -0.05) is 177 Å². The van der Waals surface area contributed by atoms with E-state index in [0.29, 0.717) is 57.0 Å². The number of carbonyl (C=O) groups excluding carboxylic acids is 6. The van der Waals surface area contributed by atoms with Gasteiger partial charge in [0.2, 0.25) is 21.3 Å². The molecule has 1 saturated heterocycles. The maximum atomic E-state index is 11.5. The van der Waals surface area contributed by atoms with Gasteiger partial charge in [-0.15, -0.1) is 0 Å². The number of carbonyl (C=O) groups is 6. The largest absolute Gasteiger partial charge is 0.399 e. The van der Waals surface area contributed by atoms with Crippen molar-refractivity contribution in [3.8, 4) is 5.81 Å². The summed E-state index contributed by atoms with van der Waals surface area (Å²) < 4.78 is 0. The summed E-state index contributed by atoms with van der Waals surface area (Å²) in [5.41, 5.74) is 23.2. The number of rotatable bonds is 14. The highest BCUT2D eigenvalue weighted by Gasteiger charge is 2.13. The van der Waals surface area contributed by atoms with E-state index in [1.807, 2.05) is 130 Å². The summed E-state index contributed by atoms with van der Waals surface area (Å²) in [4.78, 5) is 67.8. The number of nitrogens with two attached hydrogens (primary N) is 4. The molecule has 2 aromatic rings. The van der Waals surface area contributed by atoms with Crippen LogP contribution in [0.15, 0.2) is 54.6 Å². The van der Waals surface area contributed by atoms with Gasteiger partial charge in [0, 0.05) is 152 Å². The Morgan fingerprint density at radius 3 is 1.39 bits per heavy atom. The molecule has 1 amide bonds. The smallest absolute Gasteiger partial charge is 0.221 e. The van der Waals surface area contributed by atoms with Crippen LogP contribution in [-0.4, -0.2) is 159 Å². The minimum atomic E-state index is 0.00685. The van der Waals surface area contributed by atoms with Crippen LogP contribution in [0, 0.1) is 17.0 Å². The molecule has 0 spiro atoms. The predicted molar refractivity (Wildman–Crippen MR) is 348 cm³/mol. The summed E-state index contributed by atoms with van der Waals surface area (Å²) in [6.07, 6.45) is 0.429. The third kappa shape index (κ3) is 71.9. The lowest BCUT2D eigenvalue weighted by Crippen LogP contribution is -2.46. The van der Waals surface area contributed by atoms with Gasteiger partial charge in [0.05, 0.1) is 12.4 Å². The van der Waals surface area contributed by atoms with Crippen molar-refractivity contribution in [1.29, 1.82) is 5.26 Å². The second-order valence-corrected chi connectivity index (χ2v) is 25.7. The van der Waals surface area contributed by atoms with Crippen molar-refractivity contribution in [2.45, 2.75) is 156 Å². The van der Waals surface area contributed by atoms with E-state index in [4.69, 9.17) is 28.2 Å². The molecule has 10 N–H and O–H groups in total. The van der Waals surface area contributed by atoms with Crippen molar-refractivity contribution in [2.75, 3.05) is 51.5 Å². The molecule has 1 aliphatic heterocycles. The number of nitrogen functional groups attached to an aromatic ring is 1. The molecule has 1 heterocycles. The lowest BCUT2D eigenvalue weighted by Gasteiger charge is -2.30. The Kier molecular flexibility index (Phi) is 71.6. The van der Waals surface area contributed by atoms with Crippen LogP contribution in [0.2, 0.25) is 0 Å². The van der Waals surface area contributed by atoms with Crippen LogP contribution in [0.1, 0.15) is 138 Å². The van der Waals surface area contributed by atoms with Crippen molar-refractivity contribution in [3.63, 3.8) is 0 Å². The van der Waals surface area contributed by atoms with Gasteiger partial charge in [-0.2, -0.15) is 5.26 Å². The van der Waals surface area contributed by atoms with E-state index in [2.05, 4.69) is 60.3 Å². The summed E-state index contributed by atoms with van der Waals surface area (Å²) in [5, 5.41) is 15.9. The zero-order valence-corrected chi connectivity index (χ0v) is 53.9. The second kappa shape index (κ2) is 62.1. The van der Waals surface area contributed by atoms with Gasteiger partial charge in [-0.3, -0.25) is 33.7 Å². The minimum Gasteiger partial charge on any atom is -0.399 e. The Morgan fingerprint density at radius 1 is 0.697 bits per heavy atom. The van der Waals surface area contributed by atoms with E-state index < -0.39 is 0 Å². The van der Waals surface area contributed by atoms with Gasteiger partial charge in [0.25, 0.3) is 0 Å². The van der Waals surface area contributed by atoms with Crippen molar-refractivity contribution in [3.05, 3.63) is 65.7 Å². The molecule has 2 atom stereocenters. The molecule has 14 nitrogen and oxygen atoms in total. The van der Waals surface area contributed by atoms with E-state index in [1.165, 1.54) is 71.9 Å². The zero-order chi connectivity index (χ0) is 60.8. The van der Waals surface area contributed by atoms with Crippen LogP contribution >= 0.6 is 68.0 Å². The highest BCUT2D eigenvalue weighted by molar-refractivity contribution is 8.15. The molecular weight excluding hydrogens is 1070 g/mol. The van der Waals surface area contributed by atoms with Crippen LogP contribution in [0.25, 0.3) is 0 Å². The summed E-state index contributed by atoms with van der Waals surface area (Å²) in [7, 11) is 19.9. The highest BCUT2D eigenvalue weighted by atomic mass is 32.2. The molecule has 0 bridgehead atoms. The van der Waals surface area contributed by atoms with Crippen molar-refractivity contribution in [1.82, 2.24) is 15.5 Å². The number of nitriles is 1. The molecule has 1 fully saturated rings. The number of amides is 1. The lowest BCUT2D eigenvalue weighted by molar-refractivity contribution is -0.121. The molecule has 0 saturated carbocycles. The normalized spacial score (nSPS) is 11.3. The third-order valence-electron chi connectivity index (χ3n) is 7.56. The number of hydrogen-bond acceptors (Lipinski definition) is 18. The van der Waals surface area contributed by atoms with E-state index in [-0.39, 0.29) is 50.0 Å². The molecule has 9 radical (unpaired) electrons. The standard InChI is InChI=1S/C10H13NOS.C10H12OS.C7H16N2.C7H15NOS.C6H14N2O.C5H11NOS.C5H10OS.CH2NP.B3.B2/c1-7(2)13-10(12)8-4-3-5-9(11)6-8;1-8(2)12-10(11)9-6-4-3-5-7-9;1-7(2)9-5-3-8-4-6-9;1-5(2)10-7(9)6(3)4-8;1-5(2)8-6(9)3-4-7;1-4(2)8-5(7)3-6;1-4(2)7-5(3)6;2-1-3;1-3-2;1-2/h3-7H,11H2,1-2H3;3-8H,1-2H3;7-8H,3-6H2,1-2H3;5-6H,4,8H2,1-3H3;5H,3-4,7H2,1-2H3,(H,8,9);4H,3,6H2,1-2H3;4H,1-3H3;3H2;;. The number of benzene rings is 2. The topological polar surface area (TPSA) is 258 Å². The van der Waals surface area contributed by atoms with E-state index in [9.17, 15) is 28.8 Å². The van der Waals surface area contributed by atoms with E-state index in [1.54, 1.807) is 37.0 Å². The predicted octanol–water partition coefficient (Wildman–Crippen LogP) is 7.65. The Labute approximate surface area is 491 Å². The van der Waals surface area contributed by atoms with Crippen molar-refractivity contribution in [2.24, 2.45) is 23.1 Å². The fraction of sp³-hybridized carbons (Fsp3) is 0.627. The number of anilines is 1. The average Bonchev–Trinajstić information content (AvgIpc) is 3.33. The summed E-state index contributed by atoms with van der Waals surface area (Å²) in [6, 6.07) is 17.4. The SMILES string of the molecule is CC(=O)SC(C)C.CC(C)N1CCNCC1.CC(C)NC(=O)CCN.CC(C)SC(=O)C(C)CN.CC(C)SC(=O)CN.CC(C)SC(=O)c1cccc(N)c1.CC(C)SC(=O)c1ccccc1.N#CP.[B][B].[B][B][B]. The highest BCUT2D eigenvalue weighted by Crippen LogP contribution is 2.19. The van der Waals surface area contributed by atoms with Gasteiger partial charge in [0.1, 0.15) is 0 Å². The molecule has 0 aromatic heterocycles. The molecule has 423 valence electrons. The van der Waals surface area contributed by atoms with Gasteiger partial charge in [0.15, 0.2) is 10.2 Å². The number of thioether (sulfide) groups is 5. The summed E-state index contributed by atoms with van der Waals surface area (Å²) >= 11 is 6.72. The molecular formula is C51H93B5N8O6PS5. The molecule has 76 heavy (non-hydrogen) atoms. The average molecular weight is 1160 g/mol. The first kappa shape index (κ1) is 87.7. The van der Waals surface area contributed by atoms with Crippen LogP contribution in [0.5, 0.6) is 0 Å². The monoisotopic (exact) mass is 1160 g/mol. The van der Waals surface area contributed by atoms with Crippen LogP contribution in [0.4, 0.5) is 5.69 Å². The first-order valence-corrected chi connectivity index (χ1v) is 29.9. The maximum Gasteiger partial charge on any atom is 0.221 e. The molecule has 3 rings (SSSR count). The molecule has 1 aliphatic rings. The Bertz CT molecular complexity index is 1770. The quantitative estimate of drug-likeness (QED) is 0.0603. The molecule has 2 aromatic carbocycles. The first-order chi connectivity index (χ1) is 35.5. The van der Waals surface area contributed by atoms with Gasteiger partial charge < -0.3 is 33.6 Å². The maximum absolute atomic E-state index is 11.5. The van der Waals surface area contributed by atoms with Crippen LogP contribution in [-0.2, 0) is 19.2 Å². The van der Waals surface area contributed by atoms with Gasteiger partial charge in [-0.25, -0.2) is 0 Å². The fourth-order valence-electron chi connectivity index (χ4n) is 4.62. The van der Waals surface area contributed by atoms with Crippen molar-refractivity contribution < 1.29 is 28.8 Å².